The van der Waals surface area contributed by atoms with Crippen molar-refractivity contribution in [2.24, 2.45) is 0 Å². The summed E-state index contributed by atoms with van der Waals surface area (Å²) >= 11 is 0. The standard InChI is InChI=1S/C13H23NO3/c1-4-6-7-11-8-10(3)16-13(17-11)9-14-12(15)5-2/h5,10-11,13H,2,4,6-9H2,1,3H3,(H,14,15). The lowest BCUT2D eigenvalue weighted by Crippen LogP contribution is -2.43. The van der Waals surface area contributed by atoms with Crippen molar-refractivity contribution in [3.05, 3.63) is 12.7 Å². The molecule has 1 rings (SSSR count). The number of hydrogen-bond donors (Lipinski definition) is 1. The van der Waals surface area contributed by atoms with Crippen LogP contribution in [0, 0.1) is 0 Å². The molecule has 0 spiro atoms. The fourth-order valence-electron chi connectivity index (χ4n) is 1.96. The maximum absolute atomic E-state index is 11.0. The highest BCUT2D eigenvalue weighted by Gasteiger charge is 2.27. The van der Waals surface area contributed by atoms with E-state index < -0.39 is 0 Å². The van der Waals surface area contributed by atoms with E-state index in [0.717, 1.165) is 12.8 Å². The monoisotopic (exact) mass is 241 g/mol. The van der Waals surface area contributed by atoms with Gasteiger partial charge >= 0.3 is 0 Å². The zero-order chi connectivity index (χ0) is 12.7. The van der Waals surface area contributed by atoms with Crippen LogP contribution >= 0.6 is 0 Å². The van der Waals surface area contributed by atoms with Gasteiger partial charge in [0.15, 0.2) is 6.29 Å². The zero-order valence-corrected chi connectivity index (χ0v) is 10.8. The summed E-state index contributed by atoms with van der Waals surface area (Å²) in [5.41, 5.74) is 0. The Morgan fingerprint density at radius 2 is 2.29 bits per heavy atom. The van der Waals surface area contributed by atoms with Crippen molar-refractivity contribution in [3.8, 4) is 0 Å². The van der Waals surface area contributed by atoms with E-state index in [0.29, 0.717) is 6.54 Å². The molecule has 1 aliphatic rings. The highest BCUT2D eigenvalue weighted by molar-refractivity contribution is 5.86. The number of unbranched alkanes of at least 4 members (excludes halogenated alkanes) is 1. The average molecular weight is 241 g/mol. The van der Waals surface area contributed by atoms with Gasteiger partial charge < -0.3 is 14.8 Å². The van der Waals surface area contributed by atoms with E-state index in [-0.39, 0.29) is 24.4 Å². The molecule has 0 radical (unpaired) electrons. The molecule has 1 N–H and O–H groups in total. The van der Waals surface area contributed by atoms with Crippen LogP contribution < -0.4 is 5.32 Å². The van der Waals surface area contributed by atoms with Gasteiger partial charge in [0.1, 0.15) is 0 Å². The van der Waals surface area contributed by atoms with E-state index in [1.807, 2.05) is 6.92 Å². The minimum atomic E-state index is -0.329. The number of rotatable bonds is 6. The highest BCUT2D eigenvalue weighted by atomic mass is 16.7. The second kappa shape index (κ2) is 7.45. The van der Waals surface area contributed by atoms with Gasteiger partial charge in [0.2, 0.25) is 5.91 Å². The Morgan fingerprint density at radius 1 is 1.53 bits per heavy atom. The smallest absolute Gasteiger partial charge is 0.243 e. The number of carbonyl (C=O) groups is 1. The maximum Gasteiger partial charge on any atom is 0.243 e. The van der Waals surface area contributed by atoms with Crippen molar-refractivity contribution >= 4 is 5.91 Å². The minimum Gasteiger partial charge on any atom is -0.348 e. The summed E-state index contributed by atoms with van der Waals surface area (Å²) in [6.07, 6.45) is 5.71. The number of amides is 1. The predicted molar refractivity (Wildman–Crippen MR) is 66.6 cm³/mol. The molecule has 17 heavy (non-hydrogen) atoms. The molecule has 0 aliphatic carbocycles. The third-order valence-electron chi connectivity index (χ3n) is 2.83. The third kappa shape index (κ3) is 5.33. The van der Waals surface area contributed by atoms with Gasteiger partial charge in [-0.25, -0.2) is 0 Å². The summed E-state index contributed by atoms with van der Waals surface area (Å²) in [7, 11) is 0. The molecule has 0 saturated carbocycles. The van der Waals surface area contributed by atoms with Crippen LogP contribution in [0.1, 0.15) is 39.5 Å². The van der Waals surface area contributed by atoms with Crippen LogP contribution in [-0.4, -0.2) is 30.9 Å². The maximum atomic E-state index is 11.0. The Bertz CT molecular complexity index is 255. The van der Waals surface area contributed by atoms with E-state index in [4.69, 9.17) is 9.47 Å². The van der Waals surface area contributed by atoms with Gasteiger partial charge in [-0.05, 0) is 25.8 Å². The van der Waals surface area contributed by atoms with Crippen LogP contribution in [0.2, 0.25) is 0 Å². The largest absolute Gasteiger partial charge is 0.348 e. The Morgan fingerprint density at radius 3 is 2.94 bits per heavy atom. The molecular weight excluding hydrogens is 218 g/mol. The summed E-state index contributed by atoms with van der Waals surface area (Å²) in [6.45, 7) is 8.00. The Kier molecular flexibility index (Phi) is 6.22. The number of carbonyl (C=O) groups excluding carboxylic acids is 1. The Labute approximate surface area is 103 Å². The summed E-state index contributed by atoms with van der Waals surface area (Å²) in [4.78, 5) is 11.0. The fraction of sp³-hybridized carbons (Fsp3) is 0.769. The zero-order valence-electron chi connectivity index (χ0n) is 10.8. The van der Waals surface area contributed by atoms with Gasteiger partial charge in [-0.3, -0.25) is 4.79 Å². The Hall–Kier alpha value is -0.870. The van der Waals surface area contributed by atoms with Crippen molar-refractivity contribution < 1.29 is 14.3 Å². The summed E-state index contributed by atoms with van der Waals surface area (Å²) in [5.74, 6) is -0.194. The van der Waals surface area contributed by atoms with Gasteiger partial charge in [0, 0.05) is 0 Å². The first kappa shape index (κ1) is 14.2. The molecule has 4 heteroatoms. The van der Waals surface area contributed by atoms with Crippen LogP contribution in [0.3, 0.4) is 0 Å². The van der Waals surface area contributed by atoms with Crippen molar-refractivity contribution in [2.75, 3.05) is 6.54 Å². The summed E-state index contributed by atoms with van der Waals surface area (Å²) < 4.78 is 11.4. The van der Waals surface area contributed by atoms with Gasteiger partial charge in [-0.15, -0.1) is 0 Å². The number of nitrogens with one attached hydrogen (secondary N) is 1. The molecule has 3 atom stereocenters. The molecule has 4 nitrogen and oxygen atoms in total. The van der Waals surface area contributed by atoms with E-state index in [2.05, 4.69) is 18.8 Å². The fourth-order valence-corrected chi connectivity index (χ4v) is 1.96. The first-order valence-electron chi connectivity index (χ1n) is 6.36. The molecule has 1 fully saturated rings. The first-order chi connectivity index (χ1) is 8.15. The average Bonchev–Trinajstić information content (AvgIpc) is 2.32. The third-order valence-corrected chi connectivity index (χ3v) is 2.83. The van der Waals surface area contributed by atoms with Crippen LogP contribution in [0.5, 0.6) is 0 Å². The molecule has 0 bridgehead atoms. The SMILES string of the molecule is C=CC(=O)NCC1OC(C)CC(CCCC)O1. The van der Waals surface area contributed by atoms with Crippen molar-refractivity contribution in [1.29, 1.82) is 0 Å². The molecule has 1 saturated heterocycles. The van der Waals surface area contributed by atoms with Crippen molar-refractivity contribution in [3.63, 3.8) is 0 Å². The molecule has 0 aromatic rings. The van der Waals surface area contributed by atoms with Crippen LogP contribution in [0.4, 0.5) is 0 Å². The second-order valence-electron chi connectivity index (χ2n) is 4.46. The molecule has 3 unspecified atom stereocenters. The number of ether oxygens (including phenoxy) is 2. The van der Waals surface area contributed by atoms with E-state index >= 15 is 0 Å². The lowest BCUT2D eigenvalue weighted by atomic mass is 10.1. The van der Waals surface area contributed by atoms with E-state index in [1.165, 1.54) is 18.9 Å². The number of hydrogen-bond acceptors (Lipinski definition) is 3. The molecule has 1 heterocycles. The molecule has 1 aliphatic heterocycles. The van der Waals surface area contributed by atoms with Gasteiger partial charge in [0.05, 0.1) is 18.8 Å². The van der Waals surface area contributed by atoms with Gasteiger partial charge in [0.25, 0.3) is 0 Å². The summed E-state index contributed by atoms with van der Waals surface area (Å²) in [6, 6.07) is 0. The van der Waals surface area contributed by atoms with Crippen LogP contribution in [0.15, 0.2) is 12.7 Å². The lowest BCUT2D eigenvalue weighted by Gasteiger charge is -2.34. The van der Waals surface area contributed by atoms with E-state index in [9.17, 15) is 4.79 Å². The van der Waals surface area contributed by atoms with Crippen molar-refractivity contribution in [1.82, 2.24) is 5.32 Å². The first-order valence-corrected chi connectivity index (χ1v) is 6.36. The summed E-state index contributed by atoms with van der Waals surface area (Å²) in [5, 5.41) is 2.69. The molecule has 0 aromatic heterocycles. The molecule has 98 valence electrons. The molecule has 0 aromatic carbocycles. The van der Waals surface area contributed by atoms with Gasteiger partial charge in [-0.2, -0.15) is 0 Å². The van der Waals surface area contributed by atoms with Gasteiger partial charge in [-0.1, -0.05) is 26.3 Å². The minimum absolute atomic E-state index is 0.191. The molecule has 1 amide bonds. The van der Waals surface area contributed by atoms with Crippen LogP contribution in [0.25, 0.3) is 0 Å². The molecular formula is C13H23NO3. The topological polar surface area (TPSA) is 47.6 Å². The Balaban J connectivity index is 2.33. The lowest BCUT2D eigenvalue weighted by molar-refractivity contribution is -0.236. The quantitative estimate of drug-likeness (QED) is 0.723. The predicted octanol–water partition coefficient (Wildman–Crippen LogP) is 2.00. The highest BCUT2D eigenvalue weighted by Crippen LogP contribution is 2.21. The van der Waals surface area contributed by atoms with E-state index in [1.54, 1.807) is 0 Å². The second-order valence-corrected chi connectivity index (χ2v) is 4.46. The van der Waals surface area contributed by atoms with Crippen LogP contribution in [-0.2, 0) is 14.3 Å². The normalized spacial score (nSPS) is 28.7. The van der Waals surface area contributed by atoms with Crippen molar-refractivity contribution in [2.45, 2.75) is 58.0 Å².